The van der Waals surface area contributed by atoms with Crippen LogP contribution in [-0.4, -0.2) is 36.5 Å². The average Bonchev–Trinajstić information content (AvgIpc) is 2.74. The van der Waals surface area contributed by atoms with Crippen LogP contribution < -0.4 is 10.6 Å². The van der Waals surface area contributed by atoms with E-state index < -0.39 is 30.4 Å². The Hall–Kier alpha value is -3.39. The first-order valence-corrected chi connectivity index (χ1v) is 10.3. The molecule has 0 aromatic heterocycles. The highest BCUT2D eigenvalue weighted by atomic mass is 35.5. The third-order valence-corrected chi connectivity index (χ3v) is 4.62. The summed E-state index contributed by atoms with van der Waals surface area (Å²) in [7, 11) is 0. The van der Waals surface area contributed by atoms with Gasteiger partial charge in [-0.05, 0) is 62.7 Å². The fraction of sp³-hybridized carbons (Fsp3) is 0.304. The second-order valence-electron chi connectivity index (χ2n) is 7.20. The number of halogens is 1. The maximum absolute atomic E-state index is 12.0. The minimum atomic E-state index is -0.676. The molecule has 32 heavy (non-hydrogen) atoms. The zero-order valence-corrected chi connectivity index (χ0v) is 18.8. The van der Waals surface area contributed by atoms with Gasteiger partial charge in [-0.1, -0.05) is 17.7 Å². The zero-order chi connectivity index (χ0) is 23.7. The average molecular weight is 461 g/mol. The summed E-state index contributed by atoms with van der Waals surface area (Å²) in [6.07, 6.45) is -0.535. The van der Waals surface area contributed by atoms with Crippen molar-refractivity contribution in [2.45, 2.75) is 39.7 Å². The summed E-state index contributed by atoms with van der Waals surface area (Å²) in [5, 5.41) is 5.75. The van der Waals surface area contributed by atoms with E-state index in [1.165, 1.54) is 12.1 Å². The SMILES string of the molecule is Cc1c(Cl)cccc1NC(=O)COC(=O)CCC(=O)Nc1ccc(C(=O)OC(C)C)cc1. The van der Waals surface area contributed by atoms with E-state index in [0.717, 1.165) is 0 Å². The molecule has 0 fully saturated rings. The molecule has 9 heteroatoms. The van der Waals surface area contributed by atoms with Gasteiger partial charge in [-0.15, -0.1) is 0 Å². The molecule has 0 unspecified atom stereocenters. The summed E-state index contributed by atoms with van der Waals surface area (Å²) in [6, 6.07) is 11.3. The number of esters is 2. The van der Waals surface area contributed by atoms with E-state index in [4.69, 9.17) is 21.1 Å². The summed E-state index contributed by atoms with van der Waals surface area (Å²) < 4.78 is 10.00. The molecule has 0 spiro atoms. The maximum Gasteiger partial charge on any atom is 0.338 e. The molecule has 2 aromatic rings. The van der Waals surface area contributed by atoms with Crippen molar-refractivity contribution in [2.24, 2.45) is 0 Å². The minimum Gasteiger partial charge on any atom is -0.459 e. The van der Waals surface area contributed by atoms with Crippen molar-refractivity contribution in [3.63, 3.8) is 0 Å². The fourth-order valence-corrected chi connectivity index (χ4v) is 2.73. The molecule has 2 aromatic carbocycles. The number of rotatable bonds is 9. The van der Waals surface area contributed by atoms with Crippen LogP contribution in [0, 0.1) is 6.92 Å². The van der Waals surface area contributed by atoms with Crippen LogP contribution >= 0.6 is 11.6 Å². The van der Waals surface area contributed by atoms with Crippen molar-refractivity contribution in [3.05, 3.63) is 58.6 Å². The Labute approximate surface area is 191 Å². The highest BCUT2D eigenvalue weighted by Crippen LogP contribution is 2.22. The standard InChI is InChI=1S/C23H25ClN2O6/c1-14(2)32-23(30)16-7-9-17(10-8-16)25-20(27)11-12-22(29)31-13-21(28)26-19-6-4-5-18(24)15(19)3/h4-10,14H,11-13H2,1-3H3,(H,25,27)(H,26,28). The Morgan fingerprint density at radius 3 is 2.28 bits per heavy atom. The summed E-state index contributed by atoms with van der Waals surface area (Å²) >= 11 is 6.00. The second-order valence-corrected chi connectivity index (χ2v) is 7.61. The van der Waals surface area contributed by atoms with Gasteiger partial charge in [-0.2, -0.15) is 0 Å². The number of carbonyl (C=O) groups is 4. The van der Waals surface area contributed by atoms with Gasteiger partial charge in [0.1, 0.15) is 0 Å². The number of nitrogens with one attached hydrogen (secondary N) is 2. The predicted octanol–water partition coefficient (Wildman–Crippen LogP) is 4.11. The van der Waals surface area contributed by atoms with Gasteiger partial charge in [0.25, 0.3) is 5.91 Å². The minimum absolute atomic E-state index is 0.120. The van der Waals surface area contributed by atoms with Crippen LogP contribution in [0.25, 0.3) is 0 Å². The van der Waals surface area contributed by atoms with Crippen LogP contribution in [0.2, 0.25) is 5.02 Å². The summed E-state index contributed by atoms with van der Waals surface area (Å²) in [5.74, 6) is -2.04. The molecular formula is C23H25ClN2O6. The highest BCUT2D eigenvalue weighted by molar-refractivity contribution is 6.31. The predicted molar refractivity (Wildman–Crippen MR) is 121 cm³/mol. The van der Waals surface area contributed by atoms with Crippen LogP contribution in [-0.2, 0) is 23.9 Å². The van der Waals surface area contributed by atoms with E-state index in [2.05, 4.69) is 10.6 Å². The third-order valence-electron chi connectivity index (χ3n) is 4.21. The molecule has 8 nitrogen and oxygen atoms in total. The van der Waals surface area contributed by atoms with Crippen LogP contribution in [0.3, 0.4) is 0 Å². The third kappa shape index (κ3) is 8.03. The zero-order valence-electron chi connectivity index (χ0n) is 18.1. The van der Waals surface area contributed by atoms with E-state index in [1.807, 2.05) is 0 Å². The Morgan fingerprint density at radius 1 is 0.938 bits per heavy atom. The molecule has 0 saturated heterocycles. The quantitative estimate of drug-likeness (QED) is 0.545. The Bertz CT molecular complexity index is 988. The molecule has 0 bridgehead atoms. The summed E-state index contributed by atoms with van der Waals surface area (Å²) in [4.78, 5) is 47.6. The number of carbonyl (C=O) groups excluding carboxylic acids is 4. The molecule has 0 aliphatic heterocycles. The van der Waals surface area contributed by atoms with E-state index in [-0.39, 0.29) is 18.9 Å². The normalized spacial score (nSPS) is 10.4. The monoisotopic (exact) mass is 460 g/mol. The molecule has 0 aliphatic rings. The highest BCUT2D eigenvalue weighted by Gasteiger charge is 2.13. The lowest BCUT2D eigenvalue weighted by Crippen LogP contribution is -2.22. The molecule has 2 rings (SSSR count). The second kappa shape index (κ2) is 11.9. The lowest BCUT2D eigenvalue weighted by molar-refractivity contribution is -0.147. The summed E-state index contributed by atoms with van der Waals surface area (Å²) in [5.41, 5.74) is 2.07. The lowest BCUT2D eigenvalue weighted by Gasteiger charge is -2.10. The number of hydrogen-bond donors (Lipinski definition) is 2. The smallest absolute Gasteiger partial charge is 0.338 e. The van der Waals surface area contributed by atoms with Crippen molar-refractivity contribution in [1.29, 1.82) is 0 Å². The van der Waals surface area contributed by atoms with Crippen molar-refractivity contribution in [2.75, 3.05) is 17.2 Å². The van der Waals surface area contributed by atoms with Gasteiger partial charge in [0, 0.05) is 22.8 Å². The van der Waals surface area contributed by atoms with Gasteiger partial charge in [0.05, 0.1) is 18.1 Å². The van der Waals surface area contributed by atoms with E-state index in [0.29, 0.717) is 27.5 Å². The molecule has 0 radical (unpaired) electrons. The lowest BCUT2D eigenvalue weighted by atomic mass is 10.2. The van der Waals surface area contributed by atoms with Crippen molar-refractivity contribution in [1.82, 2.24) is 0 Å². The molecule has 2 N–H and O–H groups in total. The van der Waals surface area contributed by atoms with Gasteiger partial charge in [-0.3, -0.25) is 14.4 Å². The van der Waals surface area contributed by atoms with Crippen molar-refractivity contribution >= 4 is 46.7 Å². The first-order chi connectivity index (χ1) is 15.2. The number of anilines is 2. The van der Waals surface area contributed by atoms with Crippen LogP contribution in [0.1, 0.15) is 42.6 Å². The van der Waals surface area contributed by atoms with Crippen LogP contribution in [0.15, 0.2) is 42.5 Å². The van der Waals surface area contributed by atoms with Crippen LogP contribution in [0.4, 0.5) is 11.4 Å². The Kier molecular flexibility index (Phi) is 9.22. The first-order valence-electron chi connectivity index (χ1n) is 9.97. The van der Waals surface area contributed by atoms with Gasteiger partial charge in [0.2, 0.25) is 5.91 Å². The van der Waals surface area contributed by atoms with E-state index in [9.17, 15) is 19.2 Å². The molecular weight excluding hydrogens is 436 g/mol. The van der Waals surface area contributed by atoms with Gasteiger partial charge < -0.3 is 20.1 Å². The Balaban J connectivity index is 1.72. The topological polar surface area (TPSA) is 111 Å². The Morgan fingerprint density at radius 2 is 1.62 bits per heavy atom. The van der Waals surface area contributed by atoms with E-state index in [1.54, 1.807) is 51.1 Å². The summed E-state index contributed by atoms with van der Waals surface area (Å²) in [6.45, 7) is 4.79. The first kappa shape index (κ1) is 24.9. The van der Waals surface area contributed by atoms with Gasteiger partial charge in [-0.25, -0.2) is 4.79 Å². The molecule has 0 aliphatic carbocycles. The molecule has 170 valence electrons. The molecule has 0 heterocycles. The molecule has 0 atom stereocenters. The molecule has 0 saturated carbocycles. The maximum atomic E-state index is 12.0. The largest absolute Gasteiger partial charge is 0.459 e. The van der Waals surface area contributed by atoms with Gasteiger partial charge in [0.15, 0.2) is 6.61 Å². The van der Waals surface area contributed by atoms with Crippen molar-refractivity contribution in [3.8, 4) is 0 Å². The number of hydrogen-bond acceptors (Lipinski definition) is 6. The van der Waals surface area contributed by atoms with E-state index >= 15 is 0 Å². The number of ether oxygens (including phenoxy) is 2. The number of amides is 2. The fourth-order valence-electron chi connectivity index (χ4n) is 2.56. The van der Waals surface area contributed by atoms with Crippen molar-refractivity contribution < 1.29 is 28.7 Å². The van der Waals surface area contributed by atoms with Crippen LogP contribution in [0.5, 0.6) is 0 Å². The number of benzene rings is 2. The van der Waals surface area contributed by atoms with Gasteiger partial charge >= 0.3 is 11.9 Å². The molecule has 2 amide bonds.